The molecule has 8 nitrogen and oxygen atoms in total. The summed E-state index contributed by atoms with van der Waals surface area (Å²) >= 11 is 0. The fourth-order valence-corrected chi connectivity index (χ4v) is 3.99. The number of aromatic amines is 1. The highest BCUT2D eigenvalue weighted by molar-refractivity contribution is 5.96. The average Bonchev–Trinajstić information content (AvgIpc) is 2.86. The fourth-order valence-electron chi connectivity index (χ4n) is 3.99. The van der Waals surface area contributed by atoms with Crippen LogP contribution in [0.15, 0.2) is 70.3 Å². The summed E-state index contributed by atoms with van der Waals surface area (Å²) in [5.41, 5.74) is 7.21. The van der Waals surface area contributed by atoms with E-state index in [9.17, 15) is 14.4 Å². The van der Waals surface area contributed by atoms with Crippen molar-refractivity contribution in [1.82, 2.24) is 14.5 Å². The van der Waals surface area contributed by atoms with Crippen LogP contribution in [0, 0.1) is 0 Å². The van der Waals surface area contributed by atoms with Gasteiger partial charge in [0.15, 0.2) is 5.69 Å². The number of unbranched alkanes of at least 4 members (excludes halogenated alkanes) is 1. The number of nitrogens with one attached hydrogen (secondary N) is 1. The third-order valence-corrected chi connectivity index (χ3v) is 6.07. The molecule has 1 aromatic heterocycles. The molecule has 1 amide bonds. The molecule has 0 spiro atoms. The molecule has 2 aromatic carbocycles. The lowest BCUT2D eigenvalue weighted by Crippen LogP contribution is -2.45. The molecule has 0 aliphatic carbocycles. The van der Waals surface area contributed by atoms with Crippen molar-refractivity contribution in [2.45, 2.75) is 46.2 Å². The topological polar surface area (TPSA) is 104 Å². The van der Waals surface area contributed by atoms with Crippen LogP contribution >= 0.6 is 0 Å². The fraction of sp³-hybridized carbons (Fsp3) is 0.370. The van der Waals surface area contributed by atoms with Gasteiger partial charge in [-0.3, -0.25) is 28.9 Å². The average molecular weight is 478 g/mol. The summed E-state index contributed by atoms with van der Waals surface area (Å²) in [6, 6.07) is 19.6. The summed E-state index contributed by atoms with van der Waals surface area (Å²) in [5.74, 6) is -0.231. The first-order valence-corrected chi connectivity index (χ1v) is 12.2. The van der Waals surface area contributed by atoms with Crippen molar-refractivity contribution >= 4 is 17.4 Å². The molecule has 0 aliphatic rings. The van der Waals surface area contributed by atoms with Crippen molar-refractivity contribution in [3.05, 3.63) is 92.6 Å². The number of anilines is 2. The van der Waals surface area contributed by atoms with Gasteiger partial charge in [0.2, 0.25) is 5.91 Å². The molecular formula is C27H35N5O3. The third-order valence-electron chi connectivity index (χ3n) is 6.07. The second kappa shape index (κ2) is 12.7. The number of carbonyl (C=O) groups is 1. The van der Waals surface area contributed by atoms with Gasteiger partial charge in [0.05, 0.1) is 13.1 Å². The number of likely N-dealkylation sites (N-methyl/N-ethyl adjacent to an activating group) is 1. The molecule has 0 aliphatic heterocycles. The van der Waals surface area contributed by atoms with Crippen LogP contribution in [0.25, 0.3) is 0 Å². The van der Waals surface area contributed by atoms with E-state index in [1.54, 1.807) is 0 Å². The molecule has 3 rings (SSSR count). The van der Waals surface area contributed by atoms with Crippen LogP contribution in [0.4, 0.5) is 11.5 Å². The molecule has 0 bridgehead atoms. The van der Waals surface area contributed by atoms with E-state index in [4.69, 9.17) is 5.73 Å². The highest BCUT2D eigenvalue weighted by atomic mass is 16.2. The number of nitrogen functional groups attached to an aromatic ring is 1. The van der Waals surface area contributed by atoms with Gasteiger partial charge in [-0.1, -0.05) is 80.9 Å². The Labute approximate surface area is 206 Å². The molecule has 0 radical (unpaired) electrons. The molecule has 0 saturated carbocycles. The predicted molar refractivity (Wildman–Crippen MR) is 141 cm³/mol. The molecule has 3 aromatic rings. The molecule has 0 fully saturated rings. The van der Waals surface area contributed by atoms with Crippen molar-refractivity contribution in [3.8, 4) is 0 Å². The highest BCUT2D eigenvalue weighted by Crippen LogP contribution is 2.20. The SMILES string of the molecule is CCCCn1c(N)c(N(Cc2ccccc2)C(=O)CN(CC)CCc2ccccc2)c(=O)[nH]c1=O. The van der Waals surface area contributed by atoms with Gasteiger partial charge in [0.25, 0.3) is 5.56 Å². The van der Waals surface area contributed by atoms with Crippen LogP contribution in [0.3, 0.4) is 0 Å². The smallest absolute Gasteiger partial charge is 0.330 e. The molecule has 3 N–H and O–H groups in total. The van der Waals surface area contributed by atoms with Crippen molar-refractivity contribution < 1.29 is 4.79 Å². The molecule has 186 valence electrons. The lowest BCUT2D eigenvalue weighted by molar-refractivity contribution is -0.119. The normalized spacial score (nSPS) is 11.1. The van der Waals surface area contributed by atoms with Gasteiger partial charge in [-0.05, 0) is 30.5 Å². The number of hydrogen-bond acceptors (Lipinski definition) is 5. The number of nitrogens with zero attached hydrogens (tertiary/aromatic N) is 3. The van der Waals surface area contributed by atoms with E-state index in [1.165, 1.54) is 15.0 Å². The number of hydrogen-bond donors (Lipinski definition) is 2. The van der Waals surface area contributed by atoms with Gasteiger partial charge >= 0.3 is 5.69 Å². The van der Waals surface area contributed by atoms with Gasteiger partial charge in [0.1, 0.15) is 5.82 Å². The molecule has 8 heteroatoms. The second-order valence-electron chi connectivity index (χ2n) is 8.57. The second-order valence-corrected chi connectivity index (χ2v) is 8.57. The van der Waals surface area contributed by atoms with Gasteiger partial charge in [-0.2, -0.15) is 0 Å². The van der Waals surface area contributed by atoms with E-state index >= 15 is 0 Å². The van der Waals surface area contributed by atoms with Crippen LogP contribution in [0.1, 0.15) is 37.8 Å². The number of amides is 1. The number of H-pyrrole nitrogens is 1. The number of rotatable bonds is 12. The molecule has 0 saturated heterocycles. The maximum Gasteiger partial charge on any atom is 0.330 e. The quantitative estimate of drug-likeness (QED) is 0.417. The van der Waals surface area contributed by atoms with Crippen molar-refractivity contribution in [1.29, 1.82) is 0 Å². The molecule has 0 unspecified atom stereocenters. The number of benzene rings is 2. The molecule has 1 heterocycles. The summed E-state index contributed by atoms with van der Waals surface area (Å²) in [6.45, 7) is 6.07. The summed E-state index contributed by atoms with van der Waals surface area (Å²) in [6.07, 6.45) is 2.40. The number of carbonyl (C=O) groups excluding carboxylic acids is 1. The van der Waals surface area contributed by atoms with Crippen molar-refractivity contribution in [3.63, 3.8) is 0 Å². The van der Waals surface area contributed by atoms with Crippen LogP contribution in [-0.2, 0) is 24.3 Å². The van der Waals surface area contributed by atoms with E-state index in [1.807, 2.05) is 67.3 Å². The van der Waals surface area contributed by atoms with E-state index in [-0.39, 0.29) is 30.5 Å². The van der Waals surface area contributed by atoms with E-state index in [0.717, 1.165) is 24.8 Å². The zero-order chi connectivity index (χ0) is 25.2. The Bertz CT molecular complexity index is 1200. The van der Waals surface area contributed by atoms with Crippen molar-refractivity contribution in [2.24, 2.45) is 0 Å². The van der Waals surface area contributed by atoms with Crippen molar-refractivity contribution in [2.75, 3.05) is 30.3 Å². The van der Waals surface area contributed by atoms with Gasteiger partial charge in [-0.25, -0.2) is 4.79 Å². The van der Waals surface area contributed by atoms with Gasteiger partial charge in [0, 0.05) is 13.1 Å². The van der Waals surface area contributed by atoms with E-state index in [0.29, 0.717) is 19.6 Å². The van der Waals surface area contributed by atoms with Crippen LogP contribution in [-0.4, -0.2) is 40.0 Å². The zero-order valence-corrected chi connectivity index (χ0v) is 20.6. The lowest BCUT2D eigenvalue weighted by Gasteiger charge is -2.28. The third kappa shape index (κ3) is 6.93. The monoisotopic (exact) mass is 477 g/mol. The Kier molecular flexibility index (Phi) is 9.43. The summed E-state index contributed by atoms with van der Waals surface area (Å²) in [5, 5.41) is 0. The van der Waals surface area contributed by atoms with Gasteiger partial charge < -0.3 is 5.73 Å². The van der Waals surface area contributed by atoms with E-state index < -0.39 is 11.2 Å². The Morgan fingerprint density at radius 2 is 1.60 bits per heavy atom. The standard InChI is InChI=1S/C27H35N5O3/c1-3-5-17-31-25(28)24(26(34)29-27(31)35)32(19-22-14-10-7-11-15-22)23(33)20-30(4-2)18-16-21-12-8-6-9-13-21/h6-15H,3-5,16-20,28H2,1-2H3,(H,29,34,35). The maximum atomic E-state index is 13.6. The zero-order valence-electron chi connectivity index (χ0n) is 20.6. The Morgan fingerprint density at radius 1 is 0.971 bits per heavy atom. The van der Waals surface area contributed by atoms with E-state index in [2.05, 4.69) is 17.1 Å². The lowest BCUT2D eigenvalue weighted by atomic mass is 10.1. The minimum atomic E-state index is -0.656. The predicted octanol–water partition coefficient (Wildman–Crippen LogP) is 3.02. The first-order chi connectivity index (χ1) is 16.9. The summed E-state index contributed by atoms with van der Waals surface area (Å²) < 4.78 is 1.35. The van der Waals surface area contributed by atoms with Gasteiger partial charge in [-0.15, -0.1) is 0 Å². The molecule has 35 heavy (non-hydrogen) atoms. The van der Waals surface area contributed by atoms with Crippen LogP contribution in [0.2, 0.25) is 0 Å². The molecule has 0 atom stereocenters. The maximum absolute atomic E-state index is 13.6. The first-order valence-electron chi connectivity index (χ1n) is 12.2. The Balaban J connectivity index is 1.92. The minimum absolute atomic E-state index is 0.0174. The Hall–Kier alpha value is -3.65. The largest absolute Gasteiger partial charge is 0.383 e. The number of aromatic nitrogens is 2. The summed E-state index contributed by atoms with van der Waals surface area (Å²) in [4.78, 5) is 44.8. The molecular weight excluding hydrogens is 442 g/mol. The first kappa shape index (κ1) is 26.0. The number of nitrogens with two attached hydrogens (primary N) is 1. The highest BCUT2D eigenvalue weighted by Gasteiger charge is 2.25. The van der Waals surface area contributed by atoms with Crippen LogP contribution < -0.4 is 21.9 Å². The summed E-state index contributed by atoms with van der Waals surface area (Å²) in [7, 11) is 0. The Morgan fingerprint density at radius 3 is 2.20 bits per heavy atom. The minimum Gasteiger partial charge on any atom is -0.383 e. The van der Waals surface area contributed by atoms with Crippen LogP contribution in [0.5, 0.6) is 0 Å².